The lowest BCUT2D eigenvalue weighted by Gasteiger charge is -2.29. The van der Waals surface area contributed by atoms with Crippen molar-refractivity contribution < 1.29 is 14.3 Å². The number of carbonyl (C=O) groups excluding carboxylic acids is 1. The van der Waals surface area contributed by atoms with E-state index in [1.54, 1.807) is 0 Å². The Bertz CT molecular complexity index is 377. The minimum absolute atomic E-state index is 0.170. The average Bonchev–Trinajstić information content (AvgIpc) is 2.48. The molecule has 2 unspecified atom stereocenters. The van der Waals surface area contributed by atoms with E-state index in [1.165, 1.54) is 5.56 Å². The van der Waals surface area contributed by atoms with E-state index < -0.39 is 0 Å². The number of rotatable bonds is 6. The number of aldehydes is 1. The Kier molecular flexibility index (Phi) is 5.55. The predicted octanol–water partition coefficient (Wildman–Crippen LogP) is 3.39. The topological polar surface area (TPSA) is 35.5 Å². The molecule has 0 saturated carbocycles. The average molecular weight is 262 g/mol. The van der Waals surface area contributed by atoms with Crippen LogP contribution in [0.3, 0.4) is 0 Å². The minimum Gasteiger partial charge on any atom is -0.381 e. The maximum atomic E-state index is 10.6. The molecule has 1 aromatic carbocycles. The molecule has 3 nitrogen and oxygen atoms in total. The maximum absolute atomic E-state index is 10.6. The molecule has 0 radical (unpaired) electrons. The minimum atomic E-state index is 0.170. The highest BCUT2D eigenvalue weighted by Crippen LogP contribution is 2.30. The summed E-state index contributed by atoms with van der Waals surface area (Å²) in [4.78, 5) is 10.6. The molecule has 0 bridgehead atoms. The number of ether oxygens (including phenoxy) is 2. The van der Waals surface area contributed by atoms with Gasteiger partial charge in [0.15, 0.2) is 0 Å². The molecular formula is C16H22O3. The van der Waals surface area contributed by atoms with Crippen LogP contribution in [-0.2, 0) is 9.47 Å². The van der Waals surface area contributed by atoms with Crippen LogP contribution >= 0.6 is 0 Å². The Morgan fingerprint density at radius 1 is 1.32 bits per heavy atom. The van der Waals surface area contributed by atoms with Gasteiger partial charge in [-0.15, -0.1) is 0 Å². The van der Waals surface area contributed by atoms with Gasteiger partial charge in [-0.1, -0.05) is 31.2 Å². The van der Waals surface area contributed by atoms with Gasteiger partial charge in [0.1, 0.15) is 6.29 Å². The van der Waals surface area contributed by atoms with Crippen LogP contribution in [0.2, 0.25) is 0 Å². The number of carbonyl (C=O) groups is 1. The largest absolute Gasteiger partial charge is 0.381 e. The van der Waals surface area contributed by atoms with Crippen LogP contribution in [0.1, 0.15) is 48.2 Å². The smallest absolute Gasteiger partial charge is 0.150 e. The summed E-state index contributed by atoms with van der Waals surface area (Å²) in [7, 11) is 0. The molecular weight excluding hydrogens is 240 g/mol. The van der Waals surface area contributed by atoms with Gasteiger partial charge in [0.2, 0.25) is 0 Å². The Morgan fingerprint density at radius 3 is 2.68 bits per heavy atom. The van der Waals surface area contributed by atoms with Crippen molar-refractivity contribution >= 4 is 6.29 Å². The first kappa shape index (κ1) is 14.2. The molecule has 0 spiro atoms. The fraction of sp³-hybridized carbons (Fsp3) is 0.562. The lowest BCUT2D eigenvalue weighted by Crippen LogP contribution is -2.24. The van der Waals surface area contributed by atoms with Crippen LogP contribution in [0.15, 0.2) is 24.3 Å². The molecule has 3 heteroatoms. The van der Waals surface area contributed by atoms with E-state index >= 15 is 0 Å². The summed E-state index contributed by atoms with van der Waals surface area (Å²) in [6.07, 6.45) is 4.28. The van der Waals surface area contributed by atoms with Crippen LogP contribution in [-0.4, -0.2) is 26.1 Å². The van der Waals surface area contributed by atoms with Gasteiger partial charge in [0.05, 0.1) is 19.3 Å². The molecule has 2 atom stereocenters. The number of hydrogen-bond donors (Lipinski definition) is 0. The van der Waals surface area contributed by atoms with Crippen molar-refractivity contribution in [3.8, 4) is 0 Å². The summed E-state index contributed by atoms with van der Waals surface area (Å²) in [6.45, 7) is 4.54. The van der Waals surface area contributed by atoms with Gasteiger partial charge in [0, 0.05) is 18.1 Å². The quantitative estimate of drug-likeness (QED) is 0.582. The highest BCUT2D eigenvalue weighted by atomic mass is 16.5. The summed E-state index contributed by atoms with van der Waals surface area (Å²) >= 11 is 0. The van der Waals surface area contributed by atoms with E-state index in [0.717, 1.165) is 45.4 Å². The SMILES string of the molecule is CCCOCC1CCC(c2ccc(C=O)cc2)OC1. The summed E-state index contributed by atoms with van der Waals surface area (Å²) in [5.41, 5.74) is 1.88. The summed E-state index contributed by atoms with van der Waals surface area (Å²) in [6, 6.07) is 7.68. The fourth-order valence-corrected chi connectivity index (χ4v) is 2.38. The molecule has 1 saturated heterocycles. The van der Waals surface area contributed by atoms with Gasteiger partial charge < -0.3 is 9.47 Å². The van der Waals surface area contributed by atoms with E-state index in [9.17, 15) is 4.79 Å². The van der Waals surface area contributed by atoms with Crippen molar-refractivity contribution in [2.24, 2.45) is 5.92 Å². The number of benzene rings is 1. The molecule has 0 aromatic heterocycles. The molecule has 0 aliphatic carbocycles. The lowest BCUT2D eigenvalue weighted by molar-refractivity contribution is -0.0433. The molecule has 1 heterocycles. The zero-order chi connectivity index (χ0) is 13.5. The van der Waals surface area contributed by atoms with E-state index in [4.69, 9.17) is 9.47 Å². The van der Waals surface area contributed by atoms with Crippen molar-refractivity contribution in [3.05, 3.63) is 35.4 Å². The molecule has 0 N–H and O–H groups in total. The second-order valence-corrected chi connectivity index (χ2v) is 5.12. The van der Waals surface area contributed by atoms with Crippen molar-refractivity contribution in [1.29, 1.82) is 0 Å². The molecule has 1 aromatic rings. The van der Waals surface area contributed by atoms with E-state index in [-0.39, 0.29) is 6.10 Å². The first-order valence-electron chi connectivity index (χ1n) is 7.08. The highest BCUT2D eigenvalue weighted by molar-refractivity contribution is 5.74. The van der Waals surface area contributed by atoms with Crippen molar-refractivity contribution in [1.82, 2.24) is 0 Å². The van der Waals surface area contributed by atoms with Gasteiger partial charge in [-0.25, -0.2) is 0 Å². The molecule has 19 heavy (non-hydrogen) atoms. The Hall–Kier alpha value is -1.19. The van der Waals surface area contributed by atoms with Gasteiger partial charge in [-0.2, -0.15) is 0 Å². The summed E-state index contributed by atoms with van der Waals surface area (Å²) < 4.78 is 11.5. The Morgan fingerprint density at radius 2 is 2.11 bits per heavy atom. The third kappa shape index (κ3) is 4.15. The van der Waals surface area contributed by atoms with Gasteiger partial charge in [-0.3, -0.25) is 4.79 Å². The molecule has 1 aliphatic rings. The van der Waals surface area contributed by atoms with Gasteiger partial charge >= 0.3 is 0 Å². The Balaban J connectivity index is 1.80. The van der Waals surface area contributed by atoms with E-state index in [0.29, 0.717) is 11.5 Å². The third-order valence-electron chi connectivity index (χ3n) is 3.52. The molecule has 1 fully saturated rings. The van der Waals surface area contributed by atoms with Crippen LogP contribution in [0.4, 0.5) is 0 Å². The number of hydrogen-bond acceptors (Lipinski definition) is 3. The maximum Gasteiger partial charge on any atom is 0.150 e. The van der Waals surface area contributed by atoms with E-state index in [2.05, 4.69) is 6.92 Å². The zero-order valence-corrected chi connectivity index (χ0v) is 11.5. The second-order valence-electron chi connectivity index (χ2n) is 5.12. The monoisotopic (exact) mass is 262 g/mol. The van der Waals surface area contributed by atoms with Crippen molar-refractivity contribution in [2.75, 3.05) is 19.8 Å². The summed E-state index contributed by atoms with van der Waals surface area (Å²) in [5, 5.41) is 0. The third-order valence-corrected chi connectivity index (χ3v) is 3.52. The van der Waals surface area contributed by atoms with Gasteiger partial charge in [0.25, 0.3) is 0 Å². The molecule has 1 aliphatic heterocycles. The van der Waals surface area contributed by atoms with Crippen molar-refractivity contribution in [2.45, 2.75) is 32.3 Å². The van der Waals surface area contributed by atoms with Crippen LogP contribution in [0.25, 0.3) is 0 Å². The first-order chi connectivity index (χ1) is 9.33. The van der Waals surface area contributed by atoms with E-state index in [1.807, 2.05) is 24.3 Å². The summed E-state index contributed by atoms with van der Waals surface area (Å²) in [5.74, 6) is 0.525. The molecule has 2 rings (SSSR count). The fourth-order valence-electron chi connectivity index (χ4n) is 2.38. The van der Waals surface area contributed by atoms with Crippen LogP contribution in [0.5, 0.6) is 0 Å². The predicted molar refractivity (Wildman–Crippen MR) is 74.4 cm³/mol. The molecule has 104 valence electrons. The normalized spacial score (nSPS) is 23.2. The van der Waals surface area contributed by atoms with Crippen molar-refractivity contribution in [3.63, 3.8) is 0 Å². The first-order valence-corrected chi connectivity index (χ1v) is 7.08. The lowest BCUT2D eigenvalue weighted by atomic mass is 9.95. The second kappa shape index (κ2) is 7.41. The highest BCUT2D eigenvalue weighted by Gasteiger charge is 2.22. The standard InChI is InChI=1S/C16H22O3/c1-2-9-18-11-14-5-8-16(19-12-14)15-6-3-13(10-17)4-7-15/h3-4,6-7,10,14,16H,2,5,8-9,11-12H2,1H3. The van der Waals surface area contributed by atoms with Crippen LogP contribution in [0, 0.1) is 5.92 Å². The molecule has 0 amide bonds. The van der Waals surface area contributed by atoms with Crippen LogP contribution < -0.4 is 0 Å². The Labute approximate surface area is 114 Å². The zero-order valence-electron chi connectivity index (χ0n) is 11.5. The van der Waals surface area contributed by atoms with Gasteiger partial charge in [-0.05, 0) is 24.8 Å².